The van der Waals surface area contributed by atoms with Crippen molar-refractivity contribution in [2.45, 2.75) is 31.1 Å². The van der Waals surface area contributed by atoms with Crippen LogP contribution in [0.1, 0.15) is 40.8 Å². The van der Waals surface area contributed by atoms with Crippen LogP contribution < -0.4 is 20.1 Å². The summed E-state index contributed by atoms with van der Waals surface area (Å²) in [6.07, 6.45) is -3.31. The van der Waals surface area contributed by atoms with Crippen molar-refractivity contribution in [1.29, 1.82) is 0 Å². The molecule has 1 unspecified atom stereocenters. The zero-order valence-electron chi connectivity index (χ0n) is 18.6. The van der Waals surface area contributed by atoms with E-state index in [0.29, 0.717) is 24.3 Å². The molecular weight excluding hydrogens is 445 g/mol. The maximum absolute atomic E-state index is 12.9. The lowest BCUT2D eigenvalue weighted by Crippen LogP contribution is -2.38. The molecule has 0 fully saturated rings. The summed E-state index contributed by atoms with van der Waals surface area (Å²) in [4.78, 5) is 12.7. The Morgan fingerprint density at radius 3 is 2.32 bits per heavy atom. The quantitative estimate of drug-likeness (QED) is 0.476. The molecule has 0 bridgehead atoms. The van der Waals surface area contributed by atoms with Gasteiger partial charge in [-0.15, -0.1) is 0 Å². The molecule has 34 heavy (non-hydrogen) atoms. The molecule has 0 aliphatic carbocycles. The number of nitrogens with one attached hydrogen (secondary N) is 2. The number of alkyl halides is 3. The molecular formula is C26H25F3N2O3. The van der Waals surface area contributed by atoms with E-state index in [4.69, 9.17) is 9.47 Å². The van der Waals surface area contributed by atoms with Gasteiger partial charge in [-0.05, 0) is 53.8 Å². The number of hydrogen-bond acceptors (Lipinski definition) is 4. The predicted molar refractivity (Wildman–Crippen MR) is 121 cm³/mol. The molecule has 4 rings (SSSR count). The first-order valence-corrected chi connectivity index (χ1v) is 10.9. The summed E-state index contributed by atoms with van der Waals surface area (Å²) in [5.74, 6) is 1.08. The smallest absolute Gasteiger partial charge is 0.416 e. The molecule has 0 radical (unpaired) electrons. The molecule has 0 saturated carbocycles. The Morgan fingerprint density at radius 2 is 1.65 bits per heavy atom. The van der Waals surface area contributed by atoms with Crippen LogP contribution in [-0.4, -0.2) is 19.7 Å². The van der Waals surface area contributed by atoms with E-state index < -0.39 is 17.8 Å². The highest BCUT2D eigenvalue weighted by Gasteiger charge is 2.30. The summed E-state index contributed by atoms with van der Waals surface area (Å²) in [7, 11) is 1.58. The number of hydrogen-bond donors (Lipinski definition) is 2. The number of amides is 1. The molecule has 2 atom stereocenters. The molecule has 1 heterocycles. The molecule has 2 N–H and O–H groups in total. The highest BCUT2D eigenvalue weighted by Crippen LogP contribution is 2.36. The molecule has 1 aliphatic rings. The van der Waals surface area contributed by atoms with Crippen molar-refractivity contribution < 1.29 is 27.4 Å². The fourth-order valence-electron chi connectivity index (χ4n) is 3.96. The van der Waals surface area contributed by atoms with Crippen molar-refractivity contribution in [2.24, 2.45) is 0 Å². The third-order valence-corrected chi connectivity index (χ3v) is 5.81. The van der Waals surface area contributed by atoms with Crippen molar-refractivity contribution in [3.63, 3.8) is 0 Å². The monoisotopic (exact) mass is 470 g/mol. The third-order valence-electron chi connectivity index (χ3n) is 5.81. The summed E-state index contributed by atoms with van der Waals surface area (Å²) in [5, 5.41) is 6.15. The van der Waals surface area contributed by atoms with E-state index in [1.165, 1.54) is 12.1 Å². The lowest BCUT2D eigenvalue weighted by atomic mass is 9.95. The van der Waals surface area contributed by atoms with E-state index in [-0.39, 0.29) is 18.7 Å². The van der Waals surface area contributed by atoms with E-state index >= 15 is 0 Å². The molecule has 1 amide bonds. The minimum Gasteiger partial charge on any atom is -0.454 e. The van der Waals surface area contributed by atoms with E-state index in [0.717, 1.165) is 28.8 Å². The van der Waals surface area contributed by atoms with Crippen LogP contribution in [0, 0.1) is 0 Å². The van der Waals surface area contributed by atoms with Crippen molar-refractivity contribution in [3.05, 3.63) is 95.1 Å². The highest BCUT2D eigenvalue weighted by atomic mass is 19.4. The van der Waals surface area contributed by atoms with Gasteiger partial charge in [0.25, 0.3) is 0 Å². The van der Waals surface area contributed by atoms with Crippen molar-refractivity contribution in [2.75, 3.05) is 13.8 Å². The van der Waals surface area contributed by atoms with Crippen LogP contribution >= 0.6 is 0 Å². The molecule has 5 nitrogen and oxygen atoms in total. The van der Waals surface area contributed by atoms with E-state index in [2.05, 4.69) is 10.6 Å². The minimum absolute atomic E-state index is 0.146. The van der Waals surface area contributed by atoms with Gasteiger partial charge in [0.2, 0.25) is 12.7 Å². The molecule has 1 aliphatic heterocycles. The maximum Gasteiger partial charge on any atom is 0.416 e. The van der Waals surface area contributed by atoms with Crippen molar-refractivity contribution >= 4 is 5.91 Å². The van der Waals surface area contributed by atoms with Crippen molar-refractivity contribution in [1.82, 2.24) is 10.6 Å². The van der Waals surface area contributed by atoms with Crippen LogP contribution in [0.5, 0.6) is 11.5 Å². The maximum atomic E-state index is 12.9. The molecule has 0 spiro atoms. The van der Waals surface area contributed by atoms with Crippen LogP contribution in [-0.2, 0) is 17.4 Å². The average Bonchev–Trinajstić information content (AvgIpc) is 3.32. The number of ether oxygens (including phenoxy) is 2. The van der Waals surface area contributed by atoms with Gasteiger partial charge in [0, 0.05) is 13.1 Å². The first-order chi connectivity index (χ1) is 16.3. The molecule has 0 aromatic heterocycles. The SMILES string of the molecule is CNC(=O)C(N[C@H](CCc1ccc(C(F)(F)F)cc1)c1ccc2c(c1)OCO2)c1ccccc1. The number of likely N-dealkylation sites (N-methyl/N-ethyl adjacent to an activating group) is 1. The van der Waals surface area contributed by atoms with Crippen LogP contribution in [0.3, 0.4) is 0 Å². The Bertz CT molecular complexity index is 1120. The lowest BCUT2D eigenvalue weighted by molar-refractivity contribution is -0.137. The standard InChI is InChI=1S/C26H25F3N2O3/c1-30-25(32)24(18-5-3-2-4-6-18)31-21(19-10-14-22-23(15-19)34-16-33-22)13-9-17-7-11-20(12-8-17)26(27,28)29/h2-8,10-12,14-15,21,24,31H,9,13,16H2,1H3,(H,30,32)/t21-,24?/m1/s1. The van der Waals surface area contributed by atoms with Gasteiger partial charge in [-0.1, -0.05) is 48.5 Å². The minimum atomic E-state index is -4.37. The molecule has 8 heteroatoms. The second-order valence-electron chi connectivity index (χ2n) is 8.02. The summed E-state index contributed by atoms with van der Waals surface area (Å²) < 4.78 is 49.7. The Hall–Kier alpha value is -3.52. The fraction of sp³-hybridized carbons (Fsp3) is 0.269. The number of carbonyl (C=O) groups excluding carboxylic acids is 1. The number of carbonyl (C=O) groups is 1. The summed E-state index contributed by atoms with van der Waals surface area (Å²) >= 11 is 0. The van der Waals surface area contributed by atoms with Gasteiger partial charge in [-0.3, -0.25) is 10.1 Å². The van der Waals surface area contributed by atoms with E-state index in [1.54, 1.807) is 7.05 Å². The van der Waals surface area contributed by atoms with Gasteiger partial charge < -0.3 is 14.8 Å². The summed E-state index contributed by atoms with van der Waals surface area (Å²) in [6.45, 7) is 0.146. The zero-order valence-corrected chi connectivity index (χ0v) is 18.6. The van der Waals surface area contributed by atoms with Gasteiger partial charge in [0.15, 0.2) is 11.5 Å². The summed E-state index contributed by atoms with van der Waals surface area (Å²) in [5.41, 5.74) is 1.80. The second kappa shape index (κ2) is 10.2. The van der Waals surface area contributed by atoms with Crippen LogP contribution in [0.2, 0.25) is 0 Å². The number of fused-ring (bicyclic) bond motifs is 1. The van der Waals surface area contributed by atoms with Crippen LogP contribution in [0.15, 0.2) is 72.8 Å². The highest BCUT2D eigenvalue weighted by molar-refractivity contribution is 5.83. The third kappa shape index (κ3) is 5.51. The molecule has 178 valence electrons. The fourth-order valence-corrected chi connectivity index (χ4v) is 3.96. The molecule has 0 saturated heterocycles. The molecule has 3 aromatic rings. The Balaban J connectivity index is 1.59. The number of benzene rings is 3. The van der Waals surface area contributed by atoms with Crippen LogP contribution in [0.4, 0.5) is 13.2 Å². The Kier molecular flexibility index (Phi) is 7.07. The Labute approximate surface area is 195 Å². The van der Waals surface area contributed by atoms with Gasteiger partial charge >= 0.3 is 6.18 Å². The normalized spacial score (nSPS) is 14.5. The zero-order chi connectivity index (χ0) is 24.1. The predicted octanol–water partition coefficient (Wildman–Crippen LogP) is 5.18. The Morgan fingerprint density at radius 1 is 0.941 bits per heavy atom. The first kappa shape index (κ1) is 23.6. The second-order valence-corrected chi connectivity index (χ2v) is 8.02. The molecule has 3 aromatic carbocycles. The first-order valence-electron chi connectivity index (χ1n) is 10.9. The van der Waals surface area contributed by atoms with E-state index in [9.17, 15) is 18.0 Å². The van der Waals surface area contributed by atoms with Gasteiger partial charge in [-0.25, -0.2) is 0 Å². The van der Waals surface area contributed by atoms with Crippen molar-refractivity contribution in [3.8, 4) is 11.5 Å². The van der Waals surface area contributed by atoms with E-state index in [1.807, 2.05) is 48.5 Å². The summed E-state index contributed by atoms with van der Waals surface area (Å²) in [6, 6.07) is 19.2. The van der Waals surface area contributed by atoms with Gasteiger partial charge in [-0.2, -0.15) is 13.2 Å². The number of halogens is 3. The average molecular weight is 470 g/mol. The van der Waals surface area contributed by atoms with Crippen LogP contribution in [0.25, 0.3) is 0 Å². The number of aryl methyl sites for hydroxylation is 1. The largest absolute Gasteiger partial charge is 0.454 e. The van der Waals surface area contributed by atoms with Gasteiger partial charge in [0.05, 0.1) is 5.56 Å². The lowest BCUT2D eigenvalue weighted by Gasteiger charge is -2.26. The van der Waals surface area contributed by atoms with Gasteiger partial charge in [0.1, 0.15) is 6.04 Å². The number of rotatable bonds is 8. The topological polar surface area (TPSA) is 59.6 Å².